The Bertz CT molecular complexity index is 239. The SMILES string of the molecule is CCCNCC(C)(C)CN1CCCC(C)(O)CC1. The van der Waals surface area contributed by atoms with Crippen molar-refractivity contribution in [1.29, 1.82) is 0 Å². The Kier molecular flexibility index (Phi) is 6.09. The van der Waals surface area contributed by atoms with Crippen LogP contribution < -0.4 is 5.32 Å². The van der Waals surface area contributed by atoms with Gasteiger partial charge in [0.15, 0.2) is 0 Å². The molecule has 0 amide bonds. The van der Waals surface area contributed by atoms with Crippen molar-refractivity contribution in [2.45, 2.75) is 59.0 Å². The van der Waals surface area contributed by atoms with Gasteiger partial charge >= 0.3 is 0 Å². The molecule has 1 aliphatic rings. The van der Waals surface area contributed by atoms with Crippen LogP contribution in [0, 0.1) is 5.41 Å². The summed E-state index contributed by atoms with van der Waals surface area (Å²) in [6.45, 7) is 14.3. The standard InChI is InChI=1S/C15H32N2O/c1-5-9-16-12-14(2,3)13-17-10-6-7-15(4,18)8-11-17/h16,18H,5-13H2,1-4H3. The Labute approximate surface area is 113 Å². The fourth-order valence-corrected chi connectivity index (χ4v) is 2.74. The molecule has 18 heavy (non-hydrogen) atoms. The highest BCUT2D eigenvalue weighted by molar-refractivity contribution is 4.82. The third kappa shape index (κ3) is 6.17. The second-order valence-electron chi connectivity index (χ2n) is 6.97. The lowest BCUT2D eigenvalue weighted by Gasteiger charge is -2.32. The van der Waals surface area contributed by atoms with Crippen LogP contribution >= 0.6 is 0 Å². The molecule has 0 radical (unpaired) electrons. The molecule has 0 aromatic rings. The Morgan fingerprint density at radius 3 is 2.67 bits per heavy atom. The fraction of sp³-hybridized carbons (Fsp3) is 1.00. The molecule has 1 heterocycles. The van der Waals surface area contributed by atoms with E-state index in [1.54, 1.807) is 0 Å². The third-order valence-electron chi connectivity index (χ3n) is 3.84. The zero-order valence-electron chi connectivity index (χ0n) is 12.8. The van der Waals surface area contributed by atoms with Crippen LogP contribution in [0.4, 0.5) is 0 Å². The monoisotopic (exact) mass is 256 g/mol. The molecule has 1 fully saturated rings. The van der Waals surface area contributed by atoms with Crippen LogP contribution in [-0.2, 0) is 0 Å². The van der Waals surface area contributed by atoms with Gasteiger partial charge < -0.3 is 15.3 Å². The zero-order valence-corrected chi connectivity index (χ0v) is 12.8. The summed E-state index contributed by atoms with van der Waals surface area (Å²) in [6, 6.07) is 0. The van der Waals surface area contributed by atoms with E-state index in [0.29, 0.717) is 5.41 Å². The van der Waals surface area contributed by atoms with Gasteiger partial charge in [-0.3, -0.25) is 0 Å². The summed E-state index contributed by atoms with van der Waals surface area (Å²) in [6.07, 6.45) is 4.16. The van der Waals surface area contributed by atoms with E-state index in [-0.39, 0.29) is 0 Å². The molecule has 0 saturated carbocycles. The van der Waals surface area contributed by atoms with E-state index < -0.39 is 5.60 Å². The van der Waals surface area contributed by atoms with Gasteiger partial charge in [-0.15, -0.1) is 0 Å². The van der Waals surface area contributed by atoms with E-state index in [1.165, 1.54) is 6.42 Å². The lowest BCUT2D eigenvalue weighted by molar-refractivity contribution is 0.0432. The van der Waals surface area contributed by atoms with Gasteiger partial charge in [0.1, 0.15) is 0 Å². The predicted molar refractivity (Wildman–Crippen MR) is 77.9 cm³/mol. The quantitative estimate of drug-likeness (QED) is 0.716. The first-order valence-electron chi connectivity index (χ1n) is 7.50. The second-order valence-corrected chi connectivity index (χ2v) is 6.97. The van der Waals surface area contributed by atoms with Crippen molar-refractivity contribution in [2.75, 3.05) is 32.7 Å². The van der Waals surface area contributed by atoms with Crippen molar-refractivity contribution in [3.63, 3.8) is 0 Å². The molecule has 1 atom stereocenters. The fourth-order valence-electron chi connectivity index (χ4n) is 2.74. The van der Waals surface area contributed by atoms with Gasteiger partial charge in [-0.2, -0.15) is 0 Å². The van der Waals surface area contributed by atoms with Crippen LogP contribution in [0.2, 0.25) is 0 Å². The van der Waals surface area contributed by atoms with Crippen molar-refractivity contribution in [1.82, 2.24) is 10.2 Å². The van der Waals surface area contributed by atoms with Gasteiger partial charge in [0.05, 0.1) is 5.60 Å². The molecule has 3 nitrogen and oxygen atoms in total. The predicted octanol–water partition coefficient (Wildman–Crippen LogP) is 2.25. The first kappa shape index (κ1) is 15.9. The Morgan fingerprint density at radius 2 is 2.00 bits per heavy atom. The number of nitrogens with one attached hydrogen (secondary N) is 1. The minimum atomic E-state index is -0.445. The second kappa shape index (κ2) is 6.88. The Balaban J connectivity index is 2.36. The highest BCUT2D eigenvalue weighted by Crippen LogP contribution is 2.24. The topological polar surface area (TPSA) is 35.5 Å². The molecule has 0 aliphatic carbocycles. The molecule has 1 saturated heterocycles. The highest BCUT2D eigenvalue weighted by atomic mass is 16.3. The maximum absolute atomic E-state index is 10.1. The Morgan fingerprint density at radius 1 is 1.28 bits per heavy atom. The van der Waals surface area contributed by atoms with Gasteiger partial charge in [-0.1, -0.05) is 20.8 Å². The van der Waals surface area contributed by atoms with Crippen LogP contribution in [0.1, 0.15) is 53.4 Å². The minimum Gasteiger partial charge on any atom is -0.390 e. The number of nitrogens with zero attached hydrogens (tertiary/aromatic N) is 1. The maximum Gasteiger partial charge on any atom is 0.0632 e. The van der Waals surface area contributed by atoms with Crippen LogP contribution in [0.3, 0.4) is 0 Å². The normalized spacial score (nSPS) is 27.2. The van der Waals surface area contributed by atoms with Gasteiger partial charge in [-0.25, -0.2) is 0 Å². The van der Waals surface area contributed by atoms with Crippen molar-refractivity contribution in [2.24, 2.45) is 5.41 Å². The average molecular weight is 256 g/mol. The van der Waals surface area contributed by atoms with Crippen LogP contribution in [-0.4, -0.2) is 48.3 Å². The van der Waals surface area contributed by atoms with Crippen LogP contribution in [0.15, 0.2) is 0 Å². The number of hydrogen-bond donors (Lipinski definition) is 2. The molecule has 0 bridgehead atoms. The third-order valence-corrected chi connectivity index (χ3v) is 3.84. The summed E-state index contributed by atoms with van der Waals surface area (Å²) in [7, 11) is 0. The molecular weight excluding hydrogens is 224 g/mol. The molecule has 0 aromatic carbocycles. The number of rotatable bonds is 6. The zero-order chi connectivity index (χ0) is 13.6. The minimum absolute atomic E-state index is 0.311. The summed E-state index contributed by atoms with van der Waals surface area (Å²) in [4.78, 5) is 2.52. The van der Waals surface area contributed by atoms with Gasteiger partial charge in [0.25, 0.3) is 0 Å². The maximum atomic E-state index is 10.1. The average Bonchev–Trinajstić information content (AvgIpc) is 2.40. The summed E-state index contributed by atoms with van der Waals surface area (Å²) in [5, 5.41) is 13.6. The van der Waals surface area contributed by atoms with E-state index >= 15 is 0 Å². The molecule has 2 N–H and O–H groups in total. The molecular formula is C15H32N2O. The summed E-state index contributed by atoms with van der Waals surface area (Å²) in [5.41, 5.74) is -0.134. The molecule has 0 aromatic heterocycles. The summed E-state index contributed by atoms with van der Waals surface area (Å²) < 4.78 is 0. The summed E-state index contributed by atoms with van der Waals surface area (Å²) in [5.74, 6) is 0. The van der Waals surface area contributed by atoms with Gasteiger partial charge in [0, 0.05) is 19.6 Å². The first-order chi connectivity index (χ1) is 8.35. The lowest BCUT2D eigenvalue weighted by Crippen LogP contribution is -2.41. The van der Waals surface area contributed by atoms with E-state index in [4.69, 9.17) is 0 Å². The van der Waals surface area contributed by atoms with E-state index in [0.717, 1.165) is 52.0 Å². The molecule has 0 spiro atoms. The highest BCUT2D eigenvalue weighted by Gasteiger charge is 2.28. The van der Waals surface area contributed by atoms with Crippen molar-refractivity contribution < 1.29 is 5.11 Å². The lowest BCUT2D eigenvalue weighted by atomic mass is 9.92. The molecule has 1 aliphatic heterocycles. The van der Waals surface area contributed by atoms with E-state index in [1.807, 2.05) is 6.92 Å². The Hall–Kier alpha value is -0.120. The van der Waals surface area contributed by atoms with Crippen molar-refractivity contribution >= 4 is 0 Å². The number of likely N-dealkylation sites (tertiary alicyclic amines) is 1. The summed E-state index contributed by atoms with van der Waals surface area (Å²) >= 11 is 0. The van der Waals surface area contributed by atoms with Crippen LogP contribution in [0.5, 0.6) is 0 Å². The number of hydrogen-bond acceptors (Lipinski definition) is 3. The van der Waals surface area contributed by atoms with Crippen molar-refractivity contribution in [3.05, 3.63) is 0 Å². The van der Waals surface area contributed by atoms with E-state index in [2.05, 4.69) is 31.0 Å². The molecule has 1 rings (SSSR count). The molecule has 108 valence electrons. The van der Waals surface area contributed by atoms with E-state index in [9.17, 15) is 5.11 Å². The first-order valence-corrected chi connectivity index (χ1v) is 7.50. The molecule has 1 unspecified atom stereocenters. The van der Waals surface area contributed by atoms with Crippen LogP contribution in [0.25, 0.3) is 0 Å². The van der Waals surface area contributed by atoms with Gasteiger partial charge in [-0.05, 0) is 51.1 Å². The molecule has 3 heteroatoms. The van der Waals surface area contributed by atoms with Gasteiger partial charge in [0.2, 0.25) is 0 Å². The smallest absolute Gasteiger partial charge is 0.0632 e. The number of aliphatic hydroxyl groups is 1. The largest absolute Gasteiger partial charge is 0.390 e. The van der Waals surface area contributed by atoms with Crippen molar-refractivity contribution in [3.8, 4) is 0 Å².